The lowest BCUT2D eigenvalue weighted by molar-refractivity contribution is 0.252. The lowest BCUT2D eigenvalue weighted by Gasteiger charge is -2.47. The normalized spacial score (nSPS) is 17.8. The Morgan fingerprint density at radius 3 is 2.72 bits per heavy atom. The number of nitrogens with one attached hydrogen (secondary N) is 2. The molecule has 0 fully saturated rings. The molecule has 0 aliphatic carbocycles. The van der Waals surface area contributed by atoms with Crippen molar-refractivity contribution < 1.29 is 9.18 Å². The highest BCUT2D eigenvalue weighted by Gasteiger charge is 2.36. The summed E-state index contributed by atoms with van der Waals surface area (Å²) >= 11 is 0. The minimum absolute atomic E-state index is 0.0123. The minimum Gasteiger partial charge on any atom is -0.366 e. The van der Waals surface area contributed by atoms with E-state index in [0.717, 1.165) is 30.6 Å². The van der Waals surface area contributed by atoms with Crippen LogP contribution in [0, 0.1) is 5.82 Å². The van der Waals surface area contributed by atoms with Crippen LogP contribution in [0.2, 0.25) is 0 Å². The van der Waals surface area contributed by atoms with Gasteiger partial charge in [-0.2, -0.15) is 5.10 Å². The molecule has 0 saturated heterocycles. The van der Waals surface area contributed by atoms with Crippen LogP contribution in [0.25, 0.3) is 0 Å². The first-order valence-corrected chi connectivity index (χ1v) is 10.1. The van der Waals surface area contributed by atoms with E-state index in [1.165, 1.54) is 6.21 Å². The third-order valence-corrected chi connectivity index (χ3v) is 5.35. The molecule has 1 atom stereocenters. The first kappa shape index (κ1) is 20.8. The summed E-state index contributed by atoms with van der Waals surface area (Å²) in [5.74, 6) is -0.0287. The van der Waals surface area contributed by atoms with E-state index in [9.17, 15) is 9.18 Å². The van der Waals surface area contributed by atoms with Crippen molar-refractivity contribution in [1.29, 1.82) is 0 Å². The number of halogens is 1. The predicted octanol–water partition coefficient (Wildman–Crippen LogP) is 5.48. The van der Waals surface area contributed by atoms with Gasteiger partial charge in [0.1, 0.15) is 5.82 Å². The lowest BCUT2D eigenvalue weighted by Crippen LogP contribution is -2.48. The summed E-state index contributed by atoms with van der Waals surface area (Å²) < 4.78 is 14.8. The quantitative estimate of drug-likeness (QED) is 0.519. The topological polar surface area (TPSA) is 56.7 Å². The Labute approximate surface area is 172 Å². The molecule has 6 heteroatoms. The van der Waals surface area contributed by atoms with Gasteiger partial charge in [0.2, 0.25) is 0 Å². The highest BCUT2D eigenvalue weighted by atomic mass is 19.1. The van der Waals surface area contributed by atoms with Crippen molar-refractivity contribution in [3.63, 3.8) is 0 Å². The smallest absolute Gasteiger partial charge is 0.339 e. The van der Waals surface area contributed by atoms with Gasteiger partial charge in [-0.05, 0) is 62.4 Å². The van der Waals surface area contributed by atoms with Gasteiger partial charge in [0.15, 0.2) is 0 Å². The molecule has 29 heavy (non-hydrogen) atoms. The van der Waals surface area contributed by atoms with Gasteiger partial charge < -0.3 is 10.2 Å². The summed E-state index contributed by atoms with van der Waals surface area (Å²) in [6.45, 7) is 9.63. The molecular formula is C23H29FN4O. The summed E-state index contributed by atoms with van der Waals surface area (Å²) in [4.78, 5) is 14.2. The van der Waals surface area contributed by atoms with E-state index in [2.05, 4.69) is 48.4 Å². The van der Waals surface area contributed by atoms with Crippen LogP contribution in [0.1, 0.15) is 57.6 Å². The second kappa shape index (κ2) is 8.64. The Hall–Kier alpha value is -2.89. The Balaban J connectivity index is 1.77. The van der Waals surface area contributed by atoms with E-state index >= 15 is 0 Å². The summed E-state index contributed by atoms with van der Waals surface area (Å²) in [5.41, 5.74) is 5.48. The van der Waals surface area contributed by atoms with Gasteiger partial charge >= 0.3 is 6.03 Å². The zero-order valence-electron chi connectivity index (χ0n) is 17.5. The second-order valence-electron chi connectivity index (χ2n) is 8.19. The molecule has 0 saturated carbocycles. The number of hydrogen-bond acceptors (Lipinski definition) is 3. The molecule has 0 bridgehead atoms. The molecule has 1 heterocycles. The number of amides is 2. The van der Waals surface area contributed by atoms with Gasteiger partial charge in [-0.1, -0.05) is 32.0 Å². The number of rotatable bonds is 5. The minimum atomic E-state index is -0.477. The van der Waals surface area contributed by atoms with Crippen molar-refractivity contribution in [3.8, 4) is 0 Å². The average molecular weight is 397 g/mol. The monoisotopic (exact) mass is 396 g/mol. The number of fused-ring (bicyclic) bond motifs is 1. The third kappa shape index (κ3) is 4.75. The van der Waals surface area contributed by atoms with Crippen LogP contribution >= 0.6 is 0 Å². The Kier molecular flexibility index (Phi) is 6.20. The van der Waals surface area contributed by atoms with Gasteiger partial charge in [-0.3, -0.25) is 0 Å². The van der Waals surface area contributed by atoms with Crippen molar-refractivity contribution in [2.45, 2.75) is 52.0 Å². The highest BCUT2D eigenvalue weighted by Crippen LogP contribution is 2.44. The fourth-order valence-corrected chi connectivity index (χ4v) is 4.11. The Morgan fingerprint density at radius 1 is 1.31 bits per heavy atom. The standard InChI is InChI=1S/C23H29FN4O/c1-5-11-28-21-13-20(24)17(12-19(21)16(2)14-23(28,3)4)15-25-27-22(29)26-18-9-7-6-8-10-18/h6-10,12-13,15-16H,5,11,14H2,1-4H3,(H2,26,27,29)/b25-15+. The Bertz CT molecular complexity index is 895. The second-order valence-corrected chi connectivity index (χ2v) is 8.19. The van der Waals surface area contributed by atoms with Gasteiger partial charge in [-0.15, -0.1) is 0 Å². The number of anilines is 2. The molecule has 1 aliphatic rings. The maximum absolute atomic E-state index is 14.8. The average Bonchev–Trinajstić information content (AvgIpc) is 2.66. The molecule has 2 aromatic rings. The largest absolute Gasteiger partial charge is 0.366 e. The molecule has 3 rings (SSSR count). The maximum Gasteiger partial charge on any atom is 0.339 e. The SMILES string of the molecule is CCCN1c2cc(F)c(/C=N/NC(=O)Nc3ccccc3)cc2C(C)CC1(C)C. The molecule has 2 N–H and O–H groups in total. The molecule has 5 nitrogen and oxygen atoms in total. The van der Waals surface area contributed by atoms with Gasteiger partial charge in [0, 0.05) is 29.0 Å². The first-order valence-electron chi connectivity index (χ1n) is 10.1. The molecule has 2 aromatic carbocycles. The van der Waals surface area contributed by atoms with Crippen molar-refractivity contribution in [3.05, 3.63) is 59.4 Å². The van der Waals surface area contributed by atoms with Crippen molar-refractivity contribution >= 4 is 23.6 Å². The van der Waals surface area contributed by atoms with Crippen molar-refractivity contribution in [1.82, 2.24) is 5.43 Å². The number of carbonyl (C=O) groups is 1. The molecule has 1 aliphatic heterocycles. The van der Waals surface area contributed by atoms with Crippen LogP contribution in [-0.4, -0.2) is 24.3 Å². The number of carbonyl (C=O) groups excluding carboxylic acids is 1. The molecule has 1 unspecified atom stereocenters. The lowest BCUT2D eigenvalue weighted by atomic mass is 9.79. The van der Waals surface area contributed by atoms with Gasteiger partial charge in [0.25, 0.3) is 0 Å². The molecule has 154 valence electrons. The van der Waals surface area contributed by atoms with Gasteiger partial charge in [-0.25, -0.2) is 14.6 Å². The summed E-state index contributed by atoms with van der Waals surface area (Å²) in [5, 5.41) is 6.58. The predicted molar refractivity (Wildman–Crippen MR) is 117 cm³/mol. The number of hydrazone groups is 1. The summed E-state index contributed by atoms with van der Waals surface area (Å²) in [6, 6.07) is 12.0. The van der Waals surface area contributed by atoms with E-state index in [0.29, 0.717) is 17.2 Å². The fraction of sp³-hybridized carbons (Fsp3) is 0.391. The van der Waals surface area contributed by atoms with Crippen LogP contribution in [0.15, 0.2) is 47.6 Å². The molecule has 0 spiro atoms. The fourth-order valence-electron chi connectivity index (χ4n) is 4.11. The zero-order valence-corrected chi connectivity index (χ0v) is 17.5. The first-order chi connectivity index (χ1) is 13.8. The molecular weight excluding hydrogens is 367 g/mol. The van der Waals surface area contributed by atoms with Crippen LogP contribution in [0.5, 0.6) is 0 Å². The van der Waals surface area contributed by atoms with E-state index in [-0.39, 0.29) is 11.4 Å². The highest BCUT2D eigenvalue weighted by molar-refractivity contribution is 5.90. The van der Waals surface area contributed by atoms with Crippen molar-refractivity contribution in [2.24, 2.45) is 5.10 Å². The van der Waals surface area contributed by atoms with E-state index in [1.807, 2.05) is 24.3 Å². The number of hydrogen-bond donors (Lipinski definition) is 2. The maximum atomic E-state index is 14.8. The zero-order chi connectivity index (χ0) is 21.0. The summed E-state index contributed by atoms with van der Waals surface area (Å²) in [7, 11) is 0. The van der Waals surface area contributed by atoms with E-state index < -0.39 is 6.03 Å². The molecule has 0 aromatic heterocycles. The van der Waals surface area contributed by atoms with E-state index in [1.54, 1.807) is 18.2 Å². The summed E-state index contributed by atoms with van der Waals surface area (Å²) in [6.07, 6.45) is 3.36. The number of nitrogens with zero attached hydrogens (tertiary/aromatic N) is 2. The van der Waals surface area contributed by atoms with Crippen LogP contribution < -0.4 is 15.6 Å². The molecule has 0 radical (unpaired) electrons. The number of urea groups is 1. The van der Waals surface area contributed by atoms with Crippen molar-refractivity contribution in [2.75, 3.05) is 16.8 Å². The van der Waals surface area contributed by atoms with Crippen LogP contribution in [-0.2, 0) is 0 Å². The third-order valence-electron chi connectivity index (χ3n) is 5.35. The van der Waals surface area contributed by atoms with E-state index in [4.69, 9.17) is 0 Å². The Morgan fingerprint density at radius 2 is 2.03 bits per heavy atom. The van der Waals surface area contributed by atoms with Crippen LogP contribution in [0.3, 0.4) is 0 Å². The van der Waals surface area contributed by atoms with Gasteiger partial charge in [0.05, 0.1) is 6.21 Å². The number of benzene rings is 2. The number of para-hydroxylation sites is 1. The molecule has 2 amide bonds. The van der Waals surface area contributed by atoms with Crippen LogP contribution in [0.4, 0.5) is 20.6 Å².